The largest absolute Gasteiger partial charge is 0.444 e. The molecule has 0 unspecified atom stereocenters. The van der Waals surface area contributed by atoms with Crippen LogP contribution in [0.2, 0.25) is 0 Å². The van der Waals surface area contributed by atoms with Crippen molar-refractivity contribution in [2.75, 3.05) is 26.2 Å². The predicted molar refractivity (Wildman–Crippen MR) is 84.6 cm³/mol. The zero-order chi connectivity index (χ0) is 17.3. The molecule has 0 N–H and O–H groups in total. The topological polar surface area (TPSA) is 53.8 Å². The second kappa shape index (κ2) is 6.72. The summed E-state index contributed by atoms with van der Waals surface area (Å²) in [7, 11) is 0. The number of piperazine rings is 1. The number of furan rings is 1. The smallest absolute Gasteiger partial charge is 0.289 e. The Bertz CT molecular complexity index is 785. The van der Waals surface area contributed by atoms with Gasteiger partial charge in [-0.3, -0.25) is 9.59 Å². The van der Waals surface area contributed by atoms with Gasteiger partial charge in [-0.05, 0) is 46.3 Å². The van der Waals surface area contributed by atoms with Gasteiger partial charge in [0.2, 0.25) is 0 Å². The monoisotopic (exact) mass is 398 g/mol. The summed E-state index contributed by atoms with van der Waals surface area (Å²) in [6.45, 7) is 1.30. The zero-order valence-corrected chi connectivity index (χ0v) is 14.1. The quantitative estimate of drug-likeness (QED) is 0.781. The van der Waals surface area contributed by atoms with Crippen LogP contribution in [0.25, 0.3) is 0 Å². The summed E-state index contributed by atoms with van der Waals surface area (Å²) in [6, 6.07) is 6.27. The average molecular weight is 399 g/mol. The summed E-state index contributed by atoms with van der Waals surface area (Å²) >= 11 is 3.14. The van der Waals surface area contributed by atoms with Gasteiger partial charge in [0.15, 0.2) is 22.1 Å². The molecular formula is C16H13BrF2N2O3. The summed E-state index contributed by atoms with van der Waals surface area (Å²) in [5, 5.41) is 0. The normalized spacial score (nSPS) is 14.8. The summed E-state index contributed by atoms with van der Waals surface area (Å²) in [5.41, 5.74) is 0.0867. The second-order valence-electron chi connectivity index (χ2n) is 5.32. The number of benzene rings is 1. The fourth-order valence-electron chi connectivity index (χ4n) is 2.51. The number of hydrogen-bond donors (Lipinski definition) is 0. The van der Waals surface area contributed by atoms with Gasteiger partial charge in [-0.2, -0.15) is 0 Å². The predicted octanol–water partition coefficient (Wildman–Crippen LogP) is 2.92. The molecule has 1 fully saturated rings. The molecule has 2 heterocycles. The highest BCUT2D eigenvalue weighted by Crippen LogP contribution is 2.18. The van der Waals surface area contributed by atoms with Crippen molar-refractivity contribution in [1.82, 2.24) is 9.80 Å². The van der Waals surface area contributed by atoms with E-state index in [0.29, 0.717) is 30.8 Å². The minimum Gasteiger partial charge on any atom is -0.444 e. The Balaban J connectivity index is 1.63. The fourth-order valence-corrected chi connectivity index (χ4v) is 2.82. The van der Waals surface area contributed by atoms with E-state index in [1.54, 1.807) is 17.0 Å². The van der Waals surface area contributed by atoms with Gasteiger partial charge in [-0.25, -0.2) is 8.78 Å². The number of carbonyl (C=O) groups is 2. The third kappa shape index (κ3) is 3.33. The van der Waals surface area contributed by atoms with Crippen LogP contribution in [0.15, 0.2) is 39.4 Å². The number of carbonyl (C=O) groups excluding carboxylic acids is 2. The maximum atomic E-state index is 13.3. The van der Waals surface area contributed by atoms with Crippen molar-refractivity contribution in [3.63, 3.8) is 0 Å². The highest BCUT2D eigenvalue weighted by Gasteiger charge is 2.27. The van der Waals surface area contributed by atoms with E-state index >= 15 is 0 Å². The molecule has 5 nitrogen and oxygen atoms in total. The molecule has 126 valence electrons. The van der Waals surface area contributed by atoms with E-state index in [0.717, 1.165) is 12.1 Å². The Hall–Kier alpha value is -2.22. The standard InChI is InChI=1S/C16H13BrF2N2O3/c17-14-4-3-13(24-14)16(23)21-7-5-20(6-8-21)15(22)10-1-2-11(18)12(19)9-10/h1-4,9H,5-8H2. The van der Waals surface area contributed by atoms with Crippen LogP contribution in [0, 0.1) is 11.6 Å². The number of amides is 2. The molecule has 0 bridgehead atoms. The van der Waals surface area contributed by atoms with Crippen LogP contribution in [-0.2, 0) is 0 Å². The number of rotatable bonds is 2. The SMILES string of the molecule is O=C(c1ccc(F)c(F)c1)N1CCN(C(=O)c2ccc(Br)o2)CC1. The lowest BCUT2D eigenvalue weighted by atomic mass is 10.1. The van der Waals surface area contributed by atoms with E-state index in [2.05, 4.69) is 15.9 Å². The van der Waals surface area contributed by atoms with Gasteiger partial charge in [0.25, 0.3) is 11.8 Å². The number of nitrogens with zero attached hydrogens (tertiary/aromatic N) is 2. The van der Waals surface area contributed by atoms with Gasteiger partial charge >= 0.3 is 0 Å². The Labute approximate surface area is 145 Å². The highest BCUT2D eigenvalue weighted by atomic mass is 79.9. The van der Waals surface area contributed by atoms with Gasteiger partial charge < -0.3 is 14.2 Å². The van der Waals surface area contributed by atoms with E-state index in [1.807, 2.05) is 0 Å². The maximum absolute atomic E-state index is 13.3. The van der Waals surface area contributed by atoms with Crippen molar-refractivity contribution < 1.29 is 22.8 Å². The molecule has 2 aromatic rings. The minimum absolute atomic E-state index is 0.0867. The number of halogens is 3. The van der Waals surface area contributed by atoms with Gasteiger partial charge in [-0.15, -0.1) is 0 Å². The summed E-state index contributed by atoms with van der Waals surface area (Å²) in [5.74, 6) is -2.46. The van der Waals surface area contributed by atoms with Crippen LogP contribution in [0.5, 0.6) is 0 Å². The molecule has 1 aliphatic heterocycles. The van der Waals surface area contributed by atoms with Crippen molar-refractivity contribution in [3.05, 3.63) is 58.0 Å². The van der Waals surface area contributed by atoms with Crippen molar-refractivity contribution >= 4 is 27.7 Å². The summed E-state index contributed by atoms with van der Waals surface area (Å²) in [6.07, 6.45) is 0. The molecule has 0 atom stereocenters. The van der Waals surface area contributed by atoms with Crippen molar-refractivity contribution in [3.8, 4) is 0 Å². The molecule has 0 radical (unpaired) electrons. The van der Waals surface area contributed by atoms with Gasteiger partial charge in [0, 0.05) is 31.7 Å². The lowest BCUT2D eigenvalue weighted by molar-refractivity contribution is 0.0517. The zero-order valence-electron chi connectivity index (χ0n) is 12.5. The van der Waals surface area contributed by atoms with Crippen LogP contribution in [-0.4, -0.2) is 47.8 Å². The van der Waals surface area contributed by atoms with Crippen LogP contribution in [0.1, 0.15) is 20.9 Å². The first-order chi connectivity index (χ1) is 11.5. The third-order valence-corrected chi connectivity index (χ3v) is 4.23. The molecule has 8 heteroatoms. The van der Waals surface area contributed by atoms with Crippen LogP contribution in [0.3, 0.4) is 0 Å². The molecule has 1 aliphatic rings. The van der Waals surface area contributed by atoms with Crippen molar-refractivity contribution in [2.45, 2.75) is 0 Å². The van der Waals surface area contributed by atoms with E-state index in [9.17, 15) is 18.4 Å². The van der Waals surface area contributed by atoms with Gasteiger partial charge in [0.05, 0.1) is 0 Å². The first kappa shape index (κ1) is 16.6. The summed E-state index contributed by atoms with van der Waals surface area (Å²) < 4.78 is 31.9. The molecule has 0 spiro atoms. The van der Waals surface area contributed by atoms with Crippen LogP contribution < -0.4 is 0 Å². The van der Waals surface area contributed by atoms with E-state index in [4.69, 9.17) is 4.42 Å². The molecule has 3 rings (SSSR count). The Morgan fingerprint density at radius 1 is 0.917 bits per heavy atom. The van der Waals surface area contributed by atoms with E-state index in [-0.39, 0.29) is 23.1 Å². The highest BCUT2D eigenvalue weighted by molar-refractivity contribution is 9.10. The molecular weight excluding hydrogens is 386 g/mol. The van der Waals surface area contributed by atoms with Gasteiger partial charge in [-0.1, -0.05) is 0 Å². The molecule has 24 heavy (non-hydrogen) atoms. The first-order valence-electron chi connectivity index (χ1n) is 7.24. The minimum atomic E-state index is -1.06. The fraction of sp³-hybridized carbons (Fsp3) is 0.250. The summed E-state index contributed by atoms with van der Waals surface area (Å²) in [4.78, 5) is 27.7. The maximum Gasteiger partial charge on any atom is 0.289 e. The van der Waals surface area contributed by atoms with Crippen molar-refractivity contribution in [1.29, 1.82) is 0 Å². The van der Waals surface area contributed by atoms with E-state index in [1.165, 1.54) is 11.0 Å². The van der Waals surface area contributed by atoms with Crippen LogP contribution >= 0.6 is 15.9 Å². The van der Waals surface area contributed by atoms with Crippen molar-refractivity contribution in [2.24, 2.45) is 0 Å². The number of hydrogen-bond acceptors (Lipinski definition) is 3. The molecule has 0 aliphatic carbocycles. The van der Waals surface area contributed by atoms with Crippen LogP contribution in [0.4, 0.5) is 8.78 Å². The third-order valence-electron chi connectivity index (χ3n) is 3.80. The molecule has 0 saturated carbocycles. The first-order valence-corrected chi connectivity index (χ1v) is 8.04. The Morgan fingerprint density at radius 2 is 1.54 bits per heavy atom. The molecule has 1 saturated heterocycles. The Kier molecular flexibility index (Phi) is 4.66. The van der Waals surface area contributed by atoms with E-state index < -0.39 is 11.6 Å². The molecule has 1 aromatic heterocycles. The molecule has 1 aromatic carbocycles. The lowest BCUT2D eigenvalue weighted by Gasteiger charge is -2.34. The second-order valence-corrected chi connectivity index (χ2v) is 6.10. The average Bonchev–Trinajstić information content (AvgIpc) is 3.02. The molecule has 2 amide bonds. The Morgan fingerprint density at radius 3 is 2.08 bits per heavy atom. The lowest BCUT2D eigenvalue weighted by Crippen LogP contribution is -2.50. The van der Waals surface area contributed by atoms with Gasteiger partial charge in [0.1, 0.15) is 0 Å².